The van der Waals surface area contributed by atoms with Gasteiger partial charge in [0.25, 0.3) is 5.91 Å². The first-order valence-corrected chi connectivity index (χ1v) is 7.83. The van der Waals surface area contributed by atoms with Gasteiger partial charge in [0.05, 0.1) is 6.54 Å². The molecule has 2 N–H and O–H groups in total. The minimum absolute atomic E-state index is 0.205. The first-order chi connectivity index (χ1) is 12.2. The van der Waals surface area contributed by atoms with Gasteiger partial charge in [-0.3, -0.25) is 14.6 Å². The molecule has 3 rings (SSSR count). The van der Waals surface area contributed by atoms with Crippen LogP contribution in [0, 0.1) is 6.92 Å². The third-order valence-electron chi connectivity index (χ3n) is 3.62. The third-order valence-corrected chi connectivity index (χ3v) is 3.99. The van der Waals surface area contributed by atoms with Gasteiger partial charge in [-0.15, -0.1) is 0 Å². The Bertz CT molecular complexity index is 948. The molecule has 0 atom stereocenters. The third kappa shape index (κ3) is 3.88. The fourth-order valence-electron chi connectivity index (χ4n) is 2.28. The van der Waals surface area contributed by atoms with E-state index in [0.29, 0.717) is 17.6 Å². The highest BCUT2D eigenvalue weighted by molar-refractivity contribution is 6.31. The highest BCUT2D eigenvalue weighted by atomic mass is 35.5. The highest BCUT2D eigenvalue weighted by Crippen LogP contribution is 2.27. The van der Waals surface area contributed by atoms with Crippen LogP contribution in [-0.4, -0.2) is 25.9 Å². The number of carbonyl (C=O) groups excluding carboxylic acids is 1. The predicted molar refractivity (Wildman–Crippen MR) is 89.1 cm³/mol. The summed E-state index contributed by atoms with van der Waals surface area (Å²) in [5.74, 6) is -0.588. The van der Waals surface area contributed by atoms with Crippen molar-refractivity contribution in [3.05, 3.63) is 64.1 Å². The van der Waals surface area contributed by atoms with E-state index >= 15 is 0 Å². The Hall–Kier alpha value is -2.81. The number of aryl methyl sites for hydroxylation is 1. The Morgan fingerprint density at radius 1 is 1.31 bits per heavy atom. The summed E-state index contributed by atoms with van der Waals surface area (Å²) in [4.78, 5) is 12.1. The number of nitrogens with one attached hydrogen (secondary N) is 2. The molecular weight excluding hydrogens is 371 g/mol. The Morgan fingerprint density at radius 2 is 2.04 bits per heavy atom. The van der Waals surface area contributed by atoms with Gasteiger partial charge in [-0.25, -0.2) is 0 Å². The molecule has 10 heteroatoms. The SMILES string of the molecule is Cc1cc(NC(=O)c2cc(C(F)(F)F)[nH]n2)nn1Cc1ccccc1Cl. The number of hydrogen-bond donors (Lipinski definition) is 2. The van der Waals surface area contributed by atoms with Gasteiger partial charge in [-0.2, -0.15) is 23.4 Å². The average molecular weight is 384 g/mol. The van der Waals surface area contributed by atoms with Crippen molar-refractivity contribution in [1.82, 2.24) is 20.0 Å². The number of halogens is 4. The maximum absolute atomic E-state index is 12.6. The molecule has 0 aliphatic rings. The van der Waals surface area contributed by atoms with Crippen LogP contribution < -0.4 is 5.32 Å². The van der Waals surface area contributed by atoms with Crippen molar-refractivity contribution in [3.63, 3.8) is 0 Å². The first kappa shape index (κ1) is 18.0. The van der Waals surface area contributed by atoms with E-state index in [1.165, 1.54) is 0 Å². The van der Waals surface area contributed by atoms with E-state index in [9.17, 15) is 18.0 Å². The molecule has 136 valence electrons. The van der Waals surface area contributed by atoms with Gasteiger partial charge in [0, 0.05) is 22.8 Å². The summed E-state index contributed by atoms with van der Waals surface area (Å²) in [6, 6.07) is 9.51. The largest absolute Gasteiger partial charge is 0.432 e. The molecule has 0 aliphatic carbocycles. The molecule has 6 nitrogen and oxygen atoms in total. The molecule has 0 bridgehead atoms. The van der Waals surface area contributed by atoms with Crippen LogP contribution in [0.2, 0.25) is 5.02 Å². The lowest BCUT2D eigenvalue weighted by atomic mass is 10.2. The number of alkyl halides is 3. The molecule has 0 saturated heterocycles. The van der Waals surface area contributed by atoms with Crippen LogP contribution >= 0.6 is 11.6 Å². The van der Waals surface area contributed by atoms with E-state index in [4.69, 9.17) is 11.6 Å². The van der Waals surface area contributed by atoms with Crippen LogP contribution in [0.1, 0.15) is 27.4 Å². The van der Waals surface area contributed by atoms with Crippen molar-refractivity contribution < 1.29 is 18.0 Å². The molecule has 0 aliphatic heterocycles. The van der Waals surface area contributed by atoms with Gasteiger partial charge in [-0.05, 0) is 18.6 Å². The van der Waals surface area contributed by atoms with Gasteiger partial charge in [-0.1, -0.05) is 29.8 Å². The second kappa shape index (κ2) is 6.83. The molecule has 2 heterocycles. The standard InChI is InChI=1S/C16H13ClF3N5O/c1-9-6-14(24-25(9)8-10-4-2-3-5-11(10)17)21-15(26)12-7-13(23-22-12)16(18,19)20/h2-7H,8H2,1H3,(H,22,23)(H,21,24,26). The number of aromatic nitrogens is 4. The van der Waals surface area contributed by atoms with Crippen LogP contribution in [0.4, 0.5) is 19.0 Å². The van der Waals surface area contributed by atoms with E-state index in [1.807, 2.05) is 18.2 Å². The number of H-pyrrole nitrogens is 1. The van der Waals surface area contributed by atoms with E-state index in [1.54, 1.807) is 28.8 Å². The van der Waals surface area contributed by atoms with Crippen LogP contribution in [0.25, 0.3) is 0 Å². The maximum atomic E-state index is 12.6. The zero-order valence-electron chi connectivity index (χ0n) is 13.4. The Morgan fingerprint density at radius 3 is 2.69 bits per heavy atom. The Kier molecular flexibility index (Phi) is 4.73. The maximum Gasteiger partial charge on any atom is 0.432 e. The molecule has 0 unspecified atom stereocenters. The fourth-order valence-corrected chi connectivity index (χ4v) is 2.48. The van der Waals surface area contributed by atoms with E-state index < -0.39 is 17.8 Å². The minimum Gasteiger partial charge on any atom is -0.304 e. The number of benzene rings is 1. The molecule has 3 aromatic rings. The van der Waals surface area contributed by atoms with Crippen LogP contribution in [0.15, 0.2) is 36.4 Å². The normalized spacial score (nSPS) is 11.6. The number of rotatable bonds is 4. The van der Waals surface area contributed by atoms with Gasteiger partial charge in [0.2, 0.25) is 0 Å². The molecule has 0 spiro atoms. The Balaban J connectivity index is 1.74. The summed E-state index contributed by atoms with van der Waals surface area (Å²) in [7, 11) is 0. The summed E-state index contributed by atoms with van der Waals surface area (Å²) in [5.41, 5.74) is 0.123. The number of hydrogen-bond acceptors (Lipinski definition) is 3. The van der Waals surface area contributed by atoms with E-state index in [0.717, 1.165) is 11.3 Å². The second-order valence-corrected chi connectivity index (χ2v) is 5.95. The summed E-state index contributed by atoms with van der Waals surface area (Å²) in [5, 5.41) is 12.4. The van der Waals surface area contributed by atoms with Crippen molar-refractivity contribution in [2.45, 2.75) is 19.6 Å². The number of nitrogens with zero attached hydrogens (tertiary/aromatic N) is 3. The monoisotopic (exact) mass is 383 g/mol. The first-order valence-electron chi connectivity index (χ1n) is 7.46. The summed E-state index contributed by atoms with van der Waals surface area (Å²) >= 11 is 6.12. The van der Waals surface area contributed by atoms with Crippen LogP contribution in [0.5, 0.6) is 0 Å². The van der Waals surface area contributed by atoms with Crippen molar-refractivity contribution in [3.8, 4) is 0 Å². The van der Waals surface area contributed by atoms with E-state index in [-0.39, 0.29) is 11.5 Å². The zero-order valence-corrected chi connectivity index (χ0v) is 14.2. The second-order valence-electron chi connectivity index (χ2n) is 5.54. The predicted octanol–water partition coefficient (Wildman–Crippen LogP) is 3.89. The number of anilines is 1. The van der Waals surface area contributed by atoms with Crippen LogP contribution in [0.3, 0.4) is 0 Å². The molecule has 1 amide bonds. The number of aromatic amines is 1. The zero-order chi connectivity index (χ0) is 18.9. The van der Waals surface area contributed by atoms with E-state index in [2.05, 4.69) is 15.5 Å². The van der Waals surface area contributed by atoms with Crippen molar-refractivity contribution in [1.29, 1.82) is 0 Å². The van der Waals surface area contributed by atoms with Crippen molar-refractivity contribution in [2.75, 3.05) is 5.32 Å². The van der Waals surface area contributed by atoms with Gasteiger partial charge >= 0.3 is 6.18 Å². The quantitative estimate of drug-likeness (QED) is 0.717. The topological polar surface area (TPSA) is 75.6 Å². The van der Waals surface area contributed by atoms with Crippen molar-refractivity contribution >= 4 is 23.3 Å². The lowest BCUT2D eigenvalue weighted by Gasteiger charge is -2.06. The summed E-state index contributed by atoms with van der Waals surface area (Å²) in [6.45, 7) is 2.18. The van der Waals surface area contributed by atoms with Gasteiger partial charge in [0.15, 0.2) is 11.5 Å². The molecule has 2 aromatic heterocycles. The lowest BCUT2D eigenvalue weighted by molar-refractivity contribution is -0.141. The molecule has 0 saturated carbocycles. The molecular formula is C16H13ClF3N5O. The molecule has 1 aromatic carbocycles. The Labute approximate surface area is 151 Å². The molecule has 26 heavy (non-hydrogen) atoms. The lowest BCUT2D eigenvalue weighted by Crippen LogP contribution is -2.13. The fraction of sp³-hybridized carbons (Fsp3) is 0.188. The average Bonchev–Trinajstić information content (AvgIpc) is 3.17. The molecule has 0 radical (unpaired) electrons. The number of carbonyl (C=O) groups is 1. The van der Waals surface area contributed by atoms with Crippen molar-refractivity contribution in [2.24, 2.45) is 0 Å². The smallest absolute Gasteiger partial charge is 0.304 e. The minimum atomic E-state index is -4.60. The van der Waals surface area contributed by atoms with Gasteiger partial charge < -0.3 is 5.32 Å². The highest BCUT2D eigenvalue weighted by Gasteiger charge is 2.33. The molecule has 0 fully saturated rings. The van der Waals surface area contributed by atoms with Gasteiger partial charge in [0.1, 0.15) is 5.69 Å². The summed E-state index contributed by atoms with van der Waals surface area (Å²) in [6.07, 6.45) is -4.60. The van der Waals surface area contributed by atoms with Crippen LogP contribution in [-0.2, 0) is 12.7 Å². The summed E-state index contributed by atoms with van der Waals surface area (Å²) < 4.78 is 39.3. The number of amides is 1.